The Balaban J connectivity index is 1.30. The van der Waals surface area contributed by atoms with Crippen molar-refractivity contribution in [1.82, 2.24) is 0 Å². The number of guanidine groups is 1. The van der Waals surface area contributed by atoms with Crippen molar-refractivity contribution in [3.63, 3.8) is 0 Å². The molecule has 4 rings (SSSR count). The predicted octanol–water partition coefficient (Wildman–Crippen LogP) is 7.14. The molecule has 0 amide bonds. The molecule has 4 aromatic rings. The van der Waals surface area contributed by atoms with Crippen LogP contribution in [0.1, 0.15) is 5.56 Å². The molecule has 0 aliphatic heterocycles. The Hall–Kier alpha value is -4.45. The molecule has 0 aromatic heterocycles. The highest BCUT2D eigenvalue weighted by Gasteiger charge is 2.02. The van der Waals surface area contributed by atoms with Crippen molar-refractivity contribution in [2.45, 2.75) is 6.61 Å². The van der Waals surface area contributed by atoms with E-state index in [4.69, 9.17) is 10.1 Å². The molecule has 3 N–H and O–H groups in total. The van der Waals surface area contributed by atoms with Gasteiger partial charge in [-0.2, -0.15) is 10.2 Å². The summed E-state index contributed by atoms with van der Waals surface area (Å²) < 4.78 is 5.85. The lowest BCUT2D eigenvalue weighted by Crippen LogP contribution is -2.20. The Kier molecular flexibility index (Phi) is 6.85. The molecule has 0 saturated heterocycles. The lowest BCUT2D eigenvalue weighted by atomic mass is 10.2. The van der Waals surface area contributed by atoms with Crippen molar-refractivity contribution in [1.29, 1.82) is 5.41 Å². The number of anilines is 2. The van der Waals surface area contributed by atoms with Crippen molar-refractivity contribution in [2.75, 3.05) is 10.6 Å². The fraction of sp³-hybridized carbons (Fsp3) is 0.0385. The van der Waals surface area contributed by atoms with Gasteiger partial charge in [-0.3, -0.25) is 5.41 Å². The molecule has 32 heavy (non-hydrogen) atoms. The number of rotatable bonds is 7. The maximum atomic E-state index is 8.21. The van der Waals surface area contributed by atoms with E-state index in [1.54, 1.807) is 0 Å². The highest BCUT2D eigenvalue weighted by atomic mass is 16.5. The number of nitrogens with zero attached hydrogens (tertiary/aromatic N) is 2. The van der Waals surface area contributed by atoms with Gasteiger partial charge in [-0.1, -0.05) is 54.6 Å². The zero-order chi connectivity index (χ0) is 22.0. The number of hydrogen-bond donors (Lipinski definition) is 3. The van der Waals surface area contributed by atoms with Gasteiger partial charge in [0.1, 0.15) is 12.4 Å². The zero-order valence-electron chi connectivity index (χ0n) is 17.4. The third kappa shape index (κ3) is 6.27. The van der Waals surface area contributed by atoms with Crippen LogP contribution < -0.4 is 15.4 Å². The van der Waals surface area contributed by atoms with Crippen molar-refractivity contribution < 1.29 is 4.74 Å². The Morgan fingerprint density at radius 2 is 1.28 bits per heavy atom. The number of ether oxygens (including phenoxy) is 1. The van der Waals surface area contributed by atoms with Crippen LogP contribution in [0.3, 0.4) is 0 Å². The predicted molar refractivity (Wildman–Crippen MR) is 129 cm³/mol. The van der Waals surface area contributed by atoms with Crippen LogP contribution in [-0.4, -0.2) is 5.96 Å². The van der Waals surface area contributed by atoms with Crippen molar-refractivity contribution in [3.05, 3.63) is 115 Å². The van der Waals surface area contributed by atoms with Crippen LogP contribution in [0, 0.1) is 5.41 Å². The second kappa shape index (κ2) is 10.5. The molecule has 0 radical (unpaired) electrons. The molecule has 6 nitrogen and oxygen atoms in total. The normalized spacial score (nSPS) is 10.6. The number of nitrogens with one attached hydrogen (secondary N) is 3. The smallest absolute Gasteiger partial charge is 0.197 e. The molecular weight excluding hydrogens is 398 g/mol. The van der Waals surface area contributed by atoms with Gasteiger partial charge in [0.15, 0.2) is 5.96 Å². The molecule has 0 heterocycles. The molecule has 158 valence electrons. The van der Waals surface area contributed by atoms with E-state index in [0.29, 0.717) is 6.61 Å². The summed E-state index contributed by atoms with van der Waals surface area (Å²) >= 11 is 0. The van der Waals surface area contributed by atoms with Crippen LogP contribution in [0.15, 0.2) is 119 Å². The summed E-state index contributed by atoms with van der Waals surface area (Å²) in [5.74, 6) is 0.892. The summed E-state index contributed by atoms with van der Waals surface area (Å²) in [6, 6.07) is 34.5. The summed E-state index contributed by atoms with van der Waals surface area (Å²) in [5, 5.41) is 22.7. The summed E-state index contributed by atoms with van der Waals surface area (Å²) in [6.07, 6.45) is 0. The molecule has 0 aliphatic carbocycles. The van der Waals surface area contributed by atoms with E-state index in [2.05, 4.69) is 20.9 Å². The minimum Gasteiger partial charge on any atom is -0.489 e. The van der Waals surface area contributed by atoms with Crippen molar-refractivity contribution >= 4 is 28.7 Å². The largest absolute Gasteiger partial charge is 0.489 e. The van der Waals surface area contributed by atoms with E-state index in [0.717, 1.165) is 34.1 Å². The van der Waals surface area contributed by atoms with E-state index >= 15 is 0 Å². The molecule has 0 spiro atoms. The summed E-state index contributed by atoms with van der Waals surface area (Å²) in [4.78, 5) is 0. The molecule has 0 fully saturated rings. The summed E-state index contributed by atoms with van der Waals surface area (Å²) in [7, 11) is 0. The van der Waals surface area contributed by atoms with E-state index in [1.807, 2.05) is 109 Å². The quantitative estimate of drug-likeness (QED) is 0.168. The van der Waals surface area contributed by atoms with E-state index in [9.17, 15) is 0 Å². The highest BCUT2D eigenvalue weighted by Crippen LogP contribution is 2.21. The number of azo groups is 1. The SMILES string of the molecule is N=C(Nc1ccc(N=Nc2ccccc2)cc1)Nc1cccc(OCc2ccccc2)c1. The maximum Gasteiger partial charge on any atom is 0.197 e. The van der Waals surface area contributed by atoms with Crippen LogP contribution in [0.2, 0.25) is 0 Å². The molecule has 0 atom stereocenters. The lowest BCUT2D eigenvalue weighted by molar-refractivity contribution is 0.306. The molecule has 0 bridgehead atoms. The van der Waals surface area contributed by atoms with Crippen LogP contribution in [0.5, 0.6) is 5.75 Å². The average molecular weight is 422 g/mol. The highest BCUT2D eigenvalue weighted by molar-refractivity contribution is 6.01. The van der Waals surface area contributed by atoms with Gasteiger partial charge in [0.25, 0.3) is 0 Å². The number of benzene rings is 4. The first-order chi connectivity index (χ1) is 15.7. The fourth-order valence-corrected chi connectivity index (χ4v) is 2.95. The van der Waals surface area contributed by atoms with Gasteiger partial charge in [-0.25, -0.2) is 0 Å². The minimum absolute atomic E-state index is 0.156. The van der Waals surface area contributed by atoms with Gasteiger partial charge >= 0.3 is 0 Å². The zero-order valence-corrected chi connectivity index (χ0v) is 17.4. The number of hydrogen-bond acceptors (Lipinski definition) is 4. The third-order valence-corrected chi connectivity index (χ3v) is 4.53. The molecule has 4 aromatic carbocycles. The van der Waals surface area contributed by atoms with Gasteiger partial charge in [-0.15, -0.1) is 0 Å². The Morgan fingerprint density at radius 3 is 2.00 bits per heavy atom. The lowest BCUT2D eigenvalue weighted by Gasteiger charge is -2.12. The second-order valence-corrected chi connectivity index (χ2v) is 7.01. The van der Waals surface area contributed by atoms with Crippen LogP contribution >= 0.6 is 0 Å². The summed E-state index contributed by atoms with van der Waals surface area (Å²) in [6.45, 7) is 0.494. The molecule has 0 unspecified atom stereocenters. The Morgan fingerprint density at radius 1 is 0.656 bits per heavy atom. The third-order valence-electron chi connectivity index (χ3n) is 4.53. The van der Waals surface area contributed by atoms with Gasteiger partial charge in [-0.05, 0) is 54.1 Å². The van der Waals surface area contributed by atoms with Crippen molar-refractivity contribution in [2.24, 2.45) is 10.2 Å². The summed E-state index contributed by atoms with van der Waals surface area (Å²) in [5.41, 5.74) is 4.18. The van der Waals surface area contributed by atoms with E-state index in [-0.39, 0.29) is 5.96 Å². The fourth-order valence-electron chi connectivity index (χ4n) is 2.95. The van der Waals surface area contributed by atoms with Crippen LogP contribution in [-0.2, 0) is 6.61 Å². The monoisotopic (exact) mass is 421 g/mol. The van der Waals surface area contributed by atoms with Crippen LogP contribution in [0.4, 0.5) is 22.7 Å². The van der Waals surface area contributed by atoms with Gasteiger partial charge in [0, 0.05) is 17.4 Å². The first-order valence-corrected chi connectivity index (χ1v) is 10.2. The van der Waals surface area contributed by atoms with Gasteiger partial charge in [0.05, 0.1) is 11.4 Å². The molecular formula is C26H23N5O. The average Bonchev–Trinajstić information content (AvgIpc) is 2.84. The first-order valence-electron chi connectivity index (χ1n) is 10.2. The maximum absolute atomic E-state index is 8.21. The topological polar surface area (TPSA) is 81.9 Å². The van der Waals surface area contributed by atoms with Crippen LogP contribution in [0.25, 0.3) is 0 Å². The molecule has 0 saturated carbocycles. The molecule has 6 heteroatoms. The minimum atomic E-state index is 0.156. The van der Waals surface area contributed by atoms with Gasteiger partial charge in [0.2, 0.25) is 0 Å². The molecule has 0 aliphatic rings. The Labute approximate surface area is 187 Å². The van der Waals surface area contributed by atoms with E-state index < -0.39 is 0 Å². The second-order valence-electron chi connectivity index (χ2n) is 7.01. The Bertz CT molecular complexity index is 1180. The van der Waals surface area contributed by atoms with E-state index in [1.165, 1.54) is 0 Å². The van der Waals surface area contributed by atoms with Crippen molar-refractivity contribution in [3.8, 4) is 5.75 Å². The van der Waals surface area contributed by atoms with Gasteiger partial charge < -0.3 is 15.4 Å². The standard InChI is InChI=1S/C26H23N5O/c27-26(28-21-14-16-23(17-15-21)31-30-22-10-5-2-6-11-22)29-24-12-7-13-25(18-24)32-19-20-8-3-1-4-9-20/h1-18H,19H2,(H3,27,28,29). The first kappa shape index (κ1) is 20.8.